The first-order valence-corrected chi connectivity index (χ1v) is 9.25. The maximum atomic E-state index is 12.7. The van der Waals surface area contributed by atoms with Crippen molar-refractivity contribution in [3.8, 4) is 0 Å². The molecule has 0 N–H and O–H groups in total. The zero-order valence-electron chi connectivity index (χ0n) is 14.5. The van der Waals surface area contributed by atoms with Crippen LogP contribution in [0.3, 0.4) is 0 Å². The van der Waals surface area contributed by atoms with Gasteiger partial charge < -0.3 is 0 Å². The lowest BCUT2D eigenvalue weighted by atomic mass is 10.0. The lowest BCUT2D eigenvalue weighted by Crippen LogP contribution is -2.03. The molecule has 3 heteroatoms. The number of hydrogen-bond donors (Lipinski definition) is 0. The van der Waals surface area contributed by atoms with Gasteiger partial charge in [0, 0.05) is 28.0 Å². The highest BCUT2D eigenvalue weighted by Gasteiger charge is 2.11. The maximum absolute atomic E-state index is 12.7. The van der Waals surface area contributed by atoms with Gasteiger partial charge in [0.05, 0.1) is 5.69 Å². The lowest BCUT2D eigenvalue weighted by molar-refractivity contribution is 0.0993. The first-order chi connectivity index (χ1) is 12.1. The van der Waals surface area contributed by atoms with Crippen LogP contribution in [0.5, 0.6) is 0 Å². The molecule has 25 heavy (non-hydrogen) atoms. The number of nitrogens with zero attached hydrogens (tertiary/aromatic N) is 1. The second-order valence-corrected chi connectivity index (χ2v) is 7.40. The molecular weight excluding hydrogens is 326 g/mol. The van der Waals surface area contributed by atoms with Crippen LogP contribution < -0.4 is 0 Å². The van der Waals surface area contributed by atoms with Crippen molar-refractivity contribution in [3.05, 3.63) is 87.6 Å². The van der Waals surface area contributed by atoms with Crippen molar-refractivity contribution in [1.29, 1.82) is 0 Å². The van der Waals surface area contributed by atoms with E-state index in [9.17, 15) is 4.79 Å². The molecule has 1 aromatic heterocycles. The van der Waals surface area contributed by atoms with E-state index in [1.165, 1.54) is 4.88 Å². The topological polar surface area (TPSA) is 29.4 Å². The number of para-hydroxylation sites is 1. The highest BCUT2D eigenvalue weighted by molar-refractivity contribution is 7.13. The van der Waals surface area contributed by atoms with E-state index >= 15 is 0 Å². The van der Waals surface area contributed by atoms with Crippen LogP contribution in [0.2, 0.25) is 0 Å². The first kappa shape index (κ1) is 17.3. The molecule has 2 aromatic carbocycles. The van der Waals surface area contributed by atoms with Crippen LogP contribution in [0.1, 0.15) is 45.4 Å². The number of Topliss-reactive ketones (excluding diaryl/α,β-unsaturated/α-hetero) is 1. The van der Waals surface area contributed by atoms with Gasteiger partial charge in [0.2, 0.25) is 0 Å². The molecule has 0 bridgehead atoms. The third-order valence-electron chi connectivity index (χ3n) is 3.96. The highest BCUT2D eigenvalue weighted by Crippen LogP contribution is 2.25. The van der Waals surface area contributed by atoms with Gasteiger partial charge in [0.1, 0.15) is 0 Å². The summed E-state index contributed by atoms with van der Waals surface area (Å²) in [6.07, 6.45) is 2.25. The quantitative estimate of drug-likeness (QED) is 0.394. The Balaban J connectivity index is 1.80. The normalized spacial score (nSPS) is 11.3. The first-order valence-electron chi connectivity index (χ1n) is 8.43. The van der Waals surface area contributed by atoms with Crippen LogP contribution in [0.4, 0.5) is 5.69 Å². The predicted octanol–water partition coefficient (Wildman–Crippen LogP) is 6.05. The zero-order valence-corrected chi connectivity index (χ0v) is 15.3. The summed E-state index contributed by atoms with van der Waals surface area (Å²) in [5.74, 6) is 0.611. The van der Waals surface area contributed by atoms with Crippen LogP contribution >= 0.6 is 11.3 Å². The maximum Gasteiger partial charge on any atom is 0.169 e. The molecule has 0 atom stereocenters. The number of rotatable bonds is 6. The molecule has 126 valence electrons. The van der Waals surface area contributed by atoms with Crippen molar-refractivity contribution in [2.45, 2.75) is 26.2 Å². The molecule has 0 unspecified atom stereocenters. The summed E-state index contributed by atoms with van der Waals surface area (Å²) in [5, 5.41) is 0. The third kappa shape index (κ3) is 4.52. The highest BCUT2D eigenvalue weighted by atomic mass is 32.1. The second kappa shape index (κ2) is 8.04. The largest absolute Gasteiger partial charge is 0.294 e. The molecule has 0 fully saturated rings. The van der Waals surface area contributed by atoms with Crippen molar-refractivity contribution in [3.63, 3.8) is 0 Å². The molecule has 0 spiro atoms. The predicted molar refractivity (Wildman–Crippen MR) is 107 cm³/mol. The lowest BCUT2D eigenvalue weighted by Gasteiger charge is -2.05. The van der Waals surface area contributed by atoms with E-state index in [-0.39, 0.29) is 5.78 Å². The molecular formula is C22H21NOS. The summed E-state index contributed by atoms with van der Waals surface area (Å²) in [6.45, 7) is 4.37. The summed E-state index contributed by atoms with van der Waals surface area (Å²) >= 11 is 1.74. The number of carbonyl (C=O) groups is 1. The number of hydrogen-bond acceptors (Lipinski definition) is 3. The Kier molecular flexibility index (Phi) is 5.56. The van der Waals surface area contributed by atoms with Gasteiger partial charge in [-0.25, -0.2) is 0 Å². The van der Waals surface area contributed by atoms with Crippen molar-refractivity contribution in [1.82, 2.24) is 0 Å². The molecule has 0 aliphatic carbocycles. The van der Waals surface area contributed by atoms with E-state index in [4.69, 9.17) is 0 Å². The van der Waals surface area contributed by atoms with Crippen molar-refractivity contribution >= 4 is 29.0 Å². The summed E-state index contributed by atoms with van der Waals surface area (Å²) in [4.78, 5) is 19.7. The number of thiophene rings is 1. The molecule has 0 aliphatic rings. The monoisotopic (exact) mass is 347 g/mol. The Morgan fingerprint density at radius 2 is 1.72 bits per heavy atom. The second-order valence-electron chi connectivity index (χ2n) is 6.26. The molecule has 0 amide bonds. The van der Waals surface area contributed by atoms with E-state index in [2.05, 4.69) is 31.0 Å². The fourth-order valence-electron chi connectivity index (χ4n) is 2.58. The summed E-state index contributed by atoms with van der Waals surface area (Å²) in [5.41, 5.74) is 2.41. The SMILES string of the molecule is CC(C)c1ccc(C=Nc2ccccc2C(=O)Cc2ccccc2)s1. The van der Waals surface area contributed by atoms with Gasteiger partial charge in [0.25, 0.3) is 0 Å². The van der Waals surface area contributed by atoms with Gasteiger partial charge in [-0.3, -0.25) is 9.79 Å². The Hall–Kier alpha value is -2.52. The minimum absolute atomic E-state index is 0.0907. The molecule has 0 aliphatic heterocycles. The van der Waals surface area contributed by atoms with Crippen LogP contribution in [0.25, 0.3) is 0 Å². The molecule has 0 radical (unpaired) electrons. The molecule has 2 nitrogen and oxygen atoms in total. The smallest absolute Gasteiger partial charge is 0.169 e. The standard InChI is InChI=1S/C22H21NOS/c1-16(2)22-13-12-18(25-22)15-23-20-11-7-6-10-19(20)21(24)14-17-8-4-3-5-9-17/h3-13,15-16H,14H2,1-2H3. The zero-order chi connectivity index (χ0) is 17.6. The van der Waals surface area contributed by atoms with Gasteiger partial charge >= 0.3 is 0 Å². The Morgan fingerprint density at radius 3 is 2.44 bits per heavy atom. The summed E-state index contributed by atoms with van der Waals surface area (Å²) in [7, 11) is 0. The number of aliphatic imine (C=N–C) groups is 1. The minimum Gasteiger partial charge on any atom is -0.294 e. The molecule has 0 saturated carbocycles. The summed E-state index contributed by atoms with van der Waals surface area (Å²) < 4.78 is 0. The average Bonchev–Trinajstić information content (AvgIpc) is 3.10. The van der Waals surface area contributed by atoms with Crippen LogP contribution in [-0.4, -0.2) is 12.0 Å². The van der Waals surface area contributed by atoms with Crippen molar-refractivity contribution < 1.29 is 4.79 Å². The van der Waals surface area contributed by atoms with Crippen molar-refractivity contribution in [2.24, 2.45) is 4.99 Å². The minimum atomic E-state index is 0.0907. The van der Waals surface area contributed by atoms with Crippen LogP contribution in [0.15, 0.2) is 71.7 Å². The Morgan fingerprint density at radius 1 is 1.00 bits per heavy atom. The third-order valence-corrected chi connectivity index (χ3v) is 5.28. The van der Waals surface area contributed by atoms with E-state index in [1.54, 1.807) is 11.3 Å². The van der Waals surface area contributed by atoms with E-state index in [0.29, 0.717) is 17.9 Å². The molecule has 1 heterocycles. The Labute approximate surface area is 152 Å². The summed E-state index contributed by atoms with van der Waals surface area (Å²) in [6, 6.07) is 21.6. The van der Waals surface area contributed by atoms with Crippen LogP contribution in [0, 0.1) is 0 Å². The Bertz CT molecular complexity index is 878. The van der Waals surface area contributed by atoms with Gasteiger partial charge in [-0.05, 0) is 35.7 Å². The van der Waals surface area contributed by atoms with E-state index in [1.807, 2.05) is 60.8 Å². The molecule has 3 aromatic rings. The average molecular weight is 347 g/mol. The molecule has 0 saturated heterocycles. The van der Waals surface area contributed by atoms with E-state index in [0.717, 1.165) is 16.1 Å². The number of carbonyl (C=O) groups excluding carboxylic acids is 1. The molecule has 3 rings (SSSR count). The van der Waals surface area contributed by atoms with Gasteiger partial charge in [-0.2, -0.15) is 0 Å². The number of ketones is 1. The van der Waals surface area contributed by atoms with Crippen molar-refractivity contribution in [2.75, 3.05) is 0 Å². The van der Waals surface area contributed by atoms with Gasteiger partial charge in [0.15, 0.2) is 5.78 Å². The fraction of sp³-hybridized carbons (Fsp3) is 0.182. The number of benzene rings is 2. The fourth-order valence-corrected chi connectivity index (χ4v) is 3.47. The van der Waals surface area contributed by atoms with Gasteiger partial charge in [-0.1, -0.05) is 56.3 Å². The van der Waals surface area contributed by atoms with E-state index < -0.39 is 0 Å². The van der Waals surface area contributed by atoms with Gasteiger partial charge in [-0.15, -0.1) is 11.3 Å². The van der Waals surface area contributed by atoms with Crippen LogP contribution in [-0.2, 0) is 6.42 Å².